The molecule has 3 nitrogen and oxygen atoms in total. The summed E-state index contributed by atoms with van der Waals surface area (Å²) < 4.78 is 0. The Balaban J connectivity index is 1.34. The predicted octanol–water partition coefficient (Wildman–Crippen LogP) is 4.69. The van der Waals surface area contributed by atoms with Crippen molar-refractivity contribution in [3.8, 4) is 11.1 Å². The van der Waals surface area contributed by atoms with Crippen molar-refractivity contribution >= 4 is 11.3 Å². The first-order valence-corrected chi connectivity index (χ1v) is 10.3. The average Bonchev–Trinajstić information content (AvgIpc) is 3.33. The molecule has 1 spiro atoms. The van der Waals surface area contributed by atoms with E-state index < -0.39 is 0 Å². The van der Waals surface area contributed by atoms with Crippen LogP contribution in [0.5, 0.6) is 0 Å². The molecule has 0 saturated carbocycles. The minimum atomic E-state index is 0.405. The topological polar surface area (TPSA) is 29.0 Å². The molecule has 0 N–H and O–H groups in total. The Bertz CT molecular complexity index is 881. The van der Waals surface area contributed by atoms with Gasteiger partial charge in [0, 0.05) is 24.0 Å². The van der Waals surface area contributed by atoms with Crippen molar-refractivity contribution in [2.75, 3.05) is 13.1 Å². The third kappa shape index (κ3) is 2.87. The molecule has 3 heterocycles. The van der Waals surface area contributed by atoms with E-state index in [-0.39, 0.29) is 0 Å². The molecule has 0 amide bonds. The fraction of sp³-hybridized carbons (Fsp3) is 0.364. The second kappa shape index (κ2) is 6.60. The summed E-state index contributed by atoms with van der Waals surface area (Å²) in [5.41, 5.74) is 6.09. The van der Waals surface area contributed by atoms with Gasteiger partial charge in [0.1, 0.15) is 5.01 Å². The quantitative estimate of drug-likeness (QED) is 0.678. The SMILES string of the molecule is c1cncc(-c2ccc3c(c2)CCC32CCN(Cc3nccs3)CC2)c1. The highest BCUT2D eigenvalue weighted by Crippen LogP contribution is 2.47. The number of benzene rings is 1. The number of nitrogens with zero attached hydrogens (tertiary/aromatic N) is 3. The van der Waals surface area contributed by atoms with E-state index in [9.17, 15) is 0 Å². The highest BCUT2D eigenvalue weighted by atomic mass is 32.1. The van der Waals surface area contributed by atoms with Crippen molar-refractivity contribution in [2.45, 2.75) is 37.6 Å². The van der Waals surface area contributed by atoms with Crippen LogP contribution in [0.4, 0.5) is 0 Å². The number of thiazole rings is 1. The van der Waals surface area contributed by atoms with E-state index in [1.54, 1.807) is 22.5 Å². The molecule has 0 bridgehead atoms. The standard InChI is InChI=1S/C22H23N3S/c1-2-19(15-23-9-1)17-3-4-20-18(14-17)5-6-22(20)7-11-25(12-8-22)16-21-24-10-13-26-21/h1-4,9-10,13-15H,5-8,11-12,16H2. The van der Waals surface area contributed by atoms with Gasteiger partial charge < -0.3 is 0 Å². The van der Waals surface area contributed by atoms with Crippen molar-refractivity contribution in [2.24, 2.45) is 0 Å². The lowest BCUT2D eigenvalue weighted by Crippen LogP contribution is -2.41. The Hall–Kier alpha value is -2.04. The summed E-state index contributed by atoms with van der Waals surface area (Å²) in [6, 6.07) is 11.3. The number of fused-ring (bicyclic) bond motifs is 2. The van der Waals surface area contributed by atoms with Crippen molar-refractivity contribution in [1.82, 2.24) is 14.9 Å². The maximum Gasteiger partial charge on any atom is 0.107 e. The van der Waals surface area contributed by atoms with Crippen LogP contribution in [-0.2, 0) is 18.4 Å². The van der Waals surface area contributed by atoms with Gasteiger partial charge in [0.2, 0.25) is 0 Å². The van der Waals surface area contributed by atoms with E-state index in [0.29, 0.717) is 5.41 Å². The van der Waals surface area contributed by atoms with Crippen molar-refractivity contribution < 1.29 is 0 Å². The van der Waals surface area contributed by atoms with Crippen LogP contribution in [-0.4, -0.2) is 28.0 Å². The van der Waals surface area contributed by atoms with Crippen LogP contribution in [0.1, 0.15) is 35.4 Å². The fourth-order valence-corrected chi connectivity index (χ4v) is 5.38. The van der Waals surface area contributed by atoms with Gasteiger partial charge in [-0.05, 0) is 72.5 Å². The second-order valence-electron chi connectivity index (χ2n) is 7.60. The van der Waals surface area contributed by atoms with Crippen LogP contribution in [0.2, 0.25) is 0 Å². The van der Waals surface area contributed by atoms with E-state index in [2.05, 4.69) is 44.5 Å². The molecule has 0 atom stereocenters. The number of aryl methyl sites for hydroxylation is 1. The van der Waals surface area contributed by atoms with Gasteiger partial charge in [0.05, 0.1) is 6.54 Å². The molecule has 3 aromatic rings. The molecule has 5 rings (SSSR count). The summed E-state index contributed by atoms with van der Waals surface area (Å²) in [5, 5.41) is 3.32. The Morgan fingerprint density at radius 1 is 1.04 bits per heavy atom. The summed E-state index contributed by atoms with van der Waals surface area (Å²) in [6.45, 7) is 3.38. The zero-order valence-electron chi connectivity index (χ0n) is 14.9. The lowest BCUT2D eigenvalue weighted by atomic mass is 9.73. The minimum Gasteiger partial charge on any atom is -0.297 e. The maximum atomic E-state index is 4.45. The third-order valence-electron chi connectivity index (χ3n) is 6.20. The third-order valence-corrected chi connectivity index (χ3v) is 6.96. The first-order chi connectivity index (χ1) is 12.8. The number of hydrogen-bond acceptors (Lipinski definition) is 4. The van der Waals surface area contributed by atoms with Gasteiger partial charge in [-0.15, -0.1) is 11.3 Å². The number of aromatic nitrogens is 2. The molecule has 1 fully saturated rings. The number of likely N-dealkylation sites (tertiary alicyclic amines) is 1. The first-order valence-electron chi connectivity index (χ1n) is 9.47. The van der Waals surface area contributed by atoms with Crippen LogP contribution in [0.3, 0.4) is 0 Å². The number of piperidine rings is 1. The van der Waals surface area contributed by atoms with Crippen LogP contribution in [0, 0.1) is 0 Å². The number of hydrogen-bond donors (Lipinski definition) is 0. The first kappa shape index (κ1) is 16.2. The second-order valence-corrected chi connectivity index (χ2v) is 8.58. The molecule has 0 unspecified atom stereocenters. The zero-order valence-corrected chi connectivity index (χ0v) is 15.7. The van der Waals surface area contributed by atoms with Crippen LogP contribution in [0.15, 0.2) is 54.3 Å². The molecule has 1 aliphatic heterocycles. The van der Waals surface area contributed by atoms with Crippen LogP contribution < -0.4 is 0 Å². The Morgan fingerprint density at radius 2 is 1.96 bits per heavy atom. The van der Waals surface area contributed by atoms with Gasteiger partial charge in [-0.1, -0.05) is 24.3 Å². The molecule has 26 heavy (non-hydrogen) atoms. The highest BCUT2D eigenvalue weighted by molar-refractivity contribution is 7.09. The number of pyridine rings is 1. The summed E-state index contributed by atoms with van der Waals surface area (Å²) in [6.07, 6.45) is 10.8. The highest BCUT2D eigenvalue weighted by Gasteiger charge is 2.41. The predicted molar refractivity (Wildman–Crippen MR) is 106 cm³/mol. The molecule has 1 aromatic carbocycles. The van der Waals surface area contributed by atoms with Gasteiger partial charge in [0.25, 0.3) is 0 Å². The van der Waals surface area contributed by atoms with Gasteiger partial charge in [0.15, 0.2) is 0 Å². The lowest BCUT2D eigenvalue weighted by Gasteiger charge is -2.40. The Kier molecular flexibility index (Phi) is 4.10. The molecule has 4 heteroatoms. The van der Waals surface area contributed by atoms with Gasteiger partial charge >= 0.3 is 0 Å². The van der Waals surface area contributed by atoms with E-state index in [1.807, 2.05) is 24.7 Å². The molecule has 0 radical (unpaired) electrons. The normalized spacial score (nSPS) is 18.9. The zero-order chi connectivity index (χ0) is 17.4. The van der Waals surface area contributed by atoms with Crippen molar-refractivity contribution in [3.05, 3.63) is 70.4 Å². The van der Waals surface area contributed by atoms with Gasteiger partial charge in [-0.3, -0.25) is 9.88 Å². The summed E-state index contributed by atoms with van der Waals surface area (Å²) in [7, 11) is 0. The minimum absolute atomic E-state index is 0.405. The number of rotatable bonds is 3. The fourth-order valence-electron chi connectivity index (χ4n) is 4.72. The summed E-state index contributed by atoms with van der Waals surface area (Å²) >= 11 is 1.77. The lowest BCUT2D eigenvalue weighted by molar-refractivity contribution is 0.152. The van der Waals surface area contributed by atoms with E-state index >= 15 is 0 Å². The summed E-state index contributed by atoms with van der Waals surface area (Å²) in [4.78, 5) is 11.3. The van der Waals surface area contributed by atoms with E-state index in [4.69, 9.17) is 0 Å². The molecule has 2 aliphatic rings. The molecule has 1 aliphatic carbocycles. The summed E-state index contributed by atoms with van der Waals surface area (Å²) in [5.74, 6) is 0. The molecule has 132 valence electrons. The smallest absolute Gasteiger partial charge is 0.107 e. The van der Waals surface area contributed by atoms with Crippen molar-refractivity contribution in [3.63, 3.8) is 0 Å². The molecular weight excluding hydrogens is 338 g/mol. The van der Waals surface area contributed by atoms with Gasteiger partial charge in [-0.25, -0.2) is 4.98 Å². The van der Waals surface area contributed by atoms with Crippen LogP contribution in [0.25, 0.3) is 11.1 Å². The molecule has 2 aromatic heterocycles. The van der Waals surface area contributed by atoms with E-state index in [0.717, 1.165) is 6.54 Å². The molecular formula is C22H23N3S. The van der Waals surface area contributed by atoms with Crippen LogP contribution >= 0.6 is 11.3 Å². The largest absolute Gasteiger partial charge is 0.297 e. The average molecular weight is 362 g/mol. The monoisotopic (exact) mass is 361 g/mol. The Labute approximate surface area is 158 Å². The molecule has 1 saturated heterocycles. The maximum absolute atomic E-state index is 4.45. The van der Waals surface area contributed by atoms with E-state index in [1.165, 1.54) is 54.9 Å². The van der Waals surface area contributed by atoms with Gasteiger partial charge in [-0.2, -0.15) is 0 Å². The van der Waals surface area contributed by atoms with Crippen molar-refractivity contribution in [1.29, 1.82) is 0 Å². The Morgan fingerprint density at radius 3 is 2.73 bits per heavy atom.